The Balaban J connectivity index is 3.65. The first kappa shape index (κ1) is 18.1. The lowest BCUT2D eigenvalue weighted by atomic mass is 9.91. The average molecular weight is 272 g/mol. The molecule has 0 bridgehead atoms. The van der Waals surface area contributed by atoms with Crippen LogP contribution in [0, 0.1) is 5.92 Å². The van der Waals surface area contributed by atoms with Gasteiger partial charge in [-0.15, -0.1) is 0 Å². The van der Waals surface area contributed by atoms with Gasteiger partial charge >= 0.3 is 5.97 Å². The van der Waals surface area contributed by atoms with Crippen LogP contribution in [0.1, 0.15) is 71.6 Å². The van der Waals surface area contributed by atoms with Crippen LogP contribution >= 0.6 is 0 Å². The Kier molecular flexibility index (Phi) is 10.5. The van der Waals surface area contributed by atoms with Crippen LogP contribution in [0.15, 0.2) is 0 Å². The van der Waals surface area contributed by atoms with Crippen molar-refractivity contribution in [2.24, 2.45) is 5.92 Å². The summed E-state index contributed by atoms with van der Waals surface area (Å²) in [5, 5.41) is 17.7. The predicted molar refractivity (Wildman–Crippen MR) is 75.0 cm³/mol. The highest BCUT2D eigenvalue weighted by Crippen LogP contribution is 2.19. The third-order valence-corrected chi connectivity index (χ3v) is 3.44. The van der Waals surface area contributed by atoms with Gasteiger partial charge in [-0.2, -0.15) is 0 Å². The Hall–Kier alpha value is -0.900. The lowest BCUT2D eigenvalue weighted by Crippen LogP contribution is -2.12. The number of aliphatic hydroxyl groups excluding tert-OH is 1. The molecule has 112 valence electrons. The van der Waals surface area contributed by atoms with Gasteiger partial charge in [0.25, 0.3) is 0 Å². The maximum absolute atomic E-state index is 11.5. The summed E-state index contributed by atoms with van der Waals surface area (Å²) in [6.07, 6.45) is 6.97. The smallest absolute Gasteiger partial charge is 0.303 e. The van der Waals surface area contributed by atoms with Gasteiger partial charge in [-0.3, -0.25) is 9.59 Å². The second kappa shape index (κ2) is 11.0. The molecule has 2 N–H and O–H groups in total. The van der Waals surface area contributed by atoms with E-state index in [1.54, 1.807) is 13.8 Å². The van der Waals surface area contributed by atoms with Crippen molar-refractivity contribution in [2.45, 2.75) is 77.7 Å². The first-order chi connectivity index (χ1) is 8.93. The topological polar surface area (TPSA) is 74.6 Å². The molecule has 0 aromatic carbocycles. The van der Waals surface area contributed by atoms with Crippen LogP contribution in [-0.2, 0) is 9.59 Å². The zero-order valence-electron chi connectivity index (χ0n) is 12.2. The summed E-state index contributed by atoms with van der Waals surface area (Å²) in [5.74, 6) is -0.394. The van der Waals surface area contributed by atoms with Crippen molar-refractivity contribution in [3.63, 3.8) is 0 Å². The molecule has 4 nitrogen and oxygen atoms in total. The Morgan fingerprint density at radius 2 is 1.53 bits per heavy atom. The van der Waals surface area contributed by atoms with Crippen molar-refractivity contribution in [1.82, 2.24) is 0 Å². The zero-order valence-corrected chi connectivity index (χ0v) is 12.2. The minimum Gasteiger partial charge on any atom is -0.481 e. The maximum atomic E-state index is 11.5. The van der Waals surface area contributed by atoms with Gasteiger partial charge in [0, 0.05) is 12.3 Å². The number of aliphatic carboxylic acids is 1. The van der Waals surface area contributed by atoms with Gasteiger partial charge in [-0.25, -0.2) is 0 Å². The highest BCUT2D eigenvalue weighted by Gasteiger charge is 2.13. The average Bonchev–Trinajstić information content (AvgIpc) is 2.29. The van der Waals surface area contributed by atoms with Crippen molar-refractivity contribution in [1.29, 1.82) is 0 Å². The fraction of sp³-hybridized carbons (Fsp3) is 0.867. The standard InChI is InChI=1S/C15H28O4/c1-12(16)8-7-10-14(13(2)17)9-5-3-4-6-11-15(18)19/h12,14,16H,3-11H2,1-2H3,(H,18,19)/t12-,14+/m0/s1. The van der Waals surface area contributed by atoms with E-state index in [0.29, 0.717) is 0 Å². The number of ketones is 1. The molecule has 0 fully saturated rings. The van der Waals surface area contributed by atoms with Crippen LogP contribution in [0.3, 0.4) is 0 Å². The summed E-state index contributed by atoms with van der Waals surface area (Å²) in [6, 6.07) is 0. The summed E-state index contributed by atoms with van der Waals surface area (Å²) in [6.45, 7) is 3.41. The number of hydrogen-bond acceptors (Lipinski definition) is 3. The fourth-order valence-corrected chi connectivity index (χ4v) is 2.23. The summed E-state index contributed by atoms with van der Waals surface area (Å²) in [4.78, 5) is 21.8. The SMILES string of the molecule is CC(=O)[C@H](CCCCCCC(=O)O)CCC[C@H](C)O. The molecule has 0 aliphatic rings. The summed E-state index contributed by atoms with van der Waals surface area (Å²) in [5.41, 5.74) is 0. The molecule has 0 rings (SSSR count). The van der Waals surface area contributed by atoms with Gasteiger partial charge in [-0.05, 0) is 39.5 Å². The third-order valence-electron chi connectivity index (χ3n) is 3.44. The Morgan fingerprint density at radius 1 is 0.947 bits per heavy atom. The molecule has 0 aliphatic heterocycles. The highest BCUT2D eigenvalue weighted by molar-refractivity contribution is 5.78. The van der Waals surface area contributed by atoms with Crippen LogP contribution in [0.5, 0.6) is 0 Å². The number of carbonyl (C=O) groups excluding carboxylic acids is 1. The molecule has 0 aromatic heterocycles. The van der Waals surface area contributed by atoms with Crippen LogP contribution in [0.4, 0.5) is 0 Å². The normalized spacial score (nSPS) is 14.1. The van der Waals surface area contributed by atoms with Crippen LogP contribution in [0.25, 0.3) is 0 Å². The number of Topliss-reactive ketones (excluding diaryl/α,β-unsaturated/α-hetero) is 1. The van der Waals surface area contributed by atoms with Crippen molar-refractivity contribution in [3.8, 4) is 0 Å². The first-order valence-corrected chi connectivity index (χ1v) is 7.33. The largest absolute Gasteiger partial charge is 0.481 e. The molecule has 2 atom stereocenters. The molecule has 0 saturated heterocycles. The molecule has 0 radical (unpaired) electrons. The second-order valence-electron chi connectivity index (χ2n) is 5.43. The third kappa shape index (κ3) is 11.9. The molecule has 0 aliphatic carbocycles. The van der Waals surface area contributed by atoms with Crippen molar-refractivity contribution >= 4 is 11.8 Å². The molecule has 0 unspecified atom stereocenters. The van der Waals surface area contributed by atoms with Gasteiger partial charge in [0.05, 0.1) is 6.10 Å². The Bertz CT molecular complexity index is 261. The van der Waals surface area contributed by atoms with Crippen molar-refractivity contribution < 1.29 is 19.8 Å². The number of rotatable bonds is 12. The lowest BCUT2D eigenvalue weighted by Gasteiger charge is -2.14. The molecule has 0 heterocycles. The number of aliphatic hydroxyl groups is 1. The van der Waals surface area contributed by atoms with E-state index in [9.17, 15) is 14.7 Å². The minimum atomic E-state index is -0.736. The van der Waals surface area contributed by atoms with Crippen molar-refractivity contribution in [2.75, 3.05) is 0 Å². The molecule has 0 aromatic rings. The Labute approximate surface area is 116 Å². The van der Waals surface area contributed by atoms with Crippen molar-refractivity contribution in [3.05, 3.63) is 0 Å². The Morgan fingerprint density at radius 3 is 2.05 bits per heavy atom. The van der Waals surface area contributed by atoms with Crippen LogP contribution in [0.2, 0.25) is 0 Å². The van der Waals surface area contributed by atoms with E-state index in [2.05, 4.69) is 0 Å². The van der Waals surface area contributed by atoms with E-state index in [0.717, 1.165) is 51.4 Å². The quantitative estimate of drug-likeness (QED) is 0.535. The second-order valence-corrected chi connectivity index (χ2v) is 5.43. The summed E-state index contributed by atoms with van der Waals surface area (Å²) in [7, 11) is 0. The number of hydrogen-bond donors (Lipinski definition) is 2. The van der Waals surface area contributed by atoms with Gasteiger partial charge in [0.1, 0.15) is 5.78 Å². The number of carboxylic acids is 1. The monoisotopic (exact) mass is 272 g/mol. The van der Waals surface area contributed by atoms with Gasteiger partial charge in [0.15, 0.2) is 0 Å². The molecule has 0 spiro atoms. The van der Waals surface area contributed by atoms with E-state index >= 15 is 0 Å². The molecule has 0 saturated carbocycles. The predicted octanol–water partition coefficient (Wildman–Crippen LogP) is 3.17. The van der Waals surface area contributed by atoms with E-state index in [4.69, 9.17) is 5.11 Å². The number of carboxylic acid groups (broad SMARTS) is 1. The van der Waals surface area contributed by atoms with Gasteiger partial charge < -0.3 is 10.2 Å². The molecular formula is C15H28O4. The first-order valence-electron chi connectivity index (χ1n) is 7.33. The zero-order chi connectivity index (χ0) is 14.7. The molecular weight excluding hydrogens is 244 g/mol. The van der Waals surface area contributed by atoms with E-state index in [1.165, 1.54) is 0 Å². The van der Waals surface area contributed by atoms with Gasteiger partial charge in [0.2, 0.25) is 0 Å². The summed E-state index contributed by atoms with van der Waals surface area (Å²) >= 11 is 0. The number of carbonyl (C=O) groups is 2. The van der Waals surface area contributed by atoms with Crippen LogP contribution in [-0.4, -0.2) is 28.1 Å². The van der Waals surface area contributed by atoms with E-state index in [-0.39, 0.29) is 24.2 Å². The molecule has 0 amide bonds. The summed E-state index contributed by atoms with van der Waals surface area (Å²) < 4.78 is 0. The van der Waals surface area contributed by atoms with Crippen LogP contribution < -0.4 is 0 Å². The van der Waals surface area contributed by atoms with Gasteiger partial charge in [-0.1, -0.05) is 25.7 Å². The molecule has 4 heteroatoms. The fourth-order valence-electron chi connectivity index (χ4n) is 2.23. The minimum absolute atomic E-state index is 0.109. The maximum Gasteiger partial charge on any atom is 0.303 e. The molecule has 19 heavy (non-hydrogen) atoms. The van der Waals surface area contributed by atoms with E-state index in [1.807, 2.05) is 0 Å². The van der Waals surface area contributed by atoms with E-state index < -0.39 is 5.97 Å². The number of unbranched alkanes of at least 4 members (excludes halogenated alkanes) is 3. The highest BCUT2D eigenvalue weighted by atomic mass is 16.4. The lowest BCUT2D eigenvalue weighted by molar-refractivity contribution is -0.137.